The predicted molar refractivity (Wildman–Crippen MR) is 60.3 cm³/mol. The van der Waals surface area contributed by atoms with Crippen LogP contribution in [-0.4, -0.2) is 20.6 Å². The summed E-state index contributed by atoms with van der Waals surface area (Å²) >= 11 is 0. The molecule has 90 valence electrons. The summed E-state index contributed by atoms with van der Waals surface area (Å²) < 4.78 is 6.58. The molecule has 6 nitrogen and oxygen atoms in total. The molecule has 0 radical (unpaired) electrons. The second-order valence-corrected chi connectivity index (χ2v) is 3.76. The number of hydrogen-bond donors (Lipinski definition) is 1. The number of aromatic carboxylic acids is 1. The molecule has 0 amide bonds. The average Bonchev–Trinajstić information content (AvgIpc) is 2.60. The molecule has 0 saturated carbocycles. The fraction of sp³-hybridized carbons (Fsp3) is 0.364. The lowest BCUT2D eigenvalue weighted by molar-refractivity contribution is 0.0697. The number of carboxylic acids is 1. The molecular formula is C11H12N2O4. The van der Waals surface area contributed by atoms with Crippen LogP contribution >= 0.6 is 0 Å². The zero-order valence-electron chi connectivity index (χ0n) is 9.77. The molecule has 2 aromatic heterocycles. The minimum Gasteiger partial charge on any atom is -0.478 e. The van der Waals surface area contributed by atoms with Crippen molar-refractivity contribution in [1.82, 2.24) is 9.55 Å². The van der Waals surface area contributed by atoms with Gasteiger partial charge in [-0.25, -0.2) is 4.79 Å². The molecule has 0 unspecified atom stereocenters. The number of furan rings is 1. The number of carboxylic acid groups (broad SMARTS) is 1. The first-order valence-electron chi connectivity index (χ1n) is 5.19. The smallest absolute Gasteiger partial charge is 0.340 e. The van der Waals surface area contributed by atoms with Gasteiger partial charge in [0.1, 0.15) is 22.5 Å². The highest BCUT2D eigenvalue weighted by atomic mass is 16.4. The molecule has 17 heavy (non-hydrogen) atoms. The molecule has 0 saturated heterocycles. The maximum absolute atomic E-state index is 12.0. The molecule has 0 aliphatic carbocycles. The summed E-state index contributed by atoms with van der Waals surface area (Å²) in [6.45, 7) is 3.37. The standard InChI is InChI=1S/C11H12N2O4/c1-4-6-12-9-8(10(14)13(6)3)7(11(15)16)5(2)17-9/h4H2,1-3H3,(H,15,16). The molecule has 0 aromatic carbocycles. The van der Waals surface area contributed by atoms with Gasteiger partial charge in [0, 0.05) is 13.5 Å². The molecule has 0 aliphatic rings. The minimum atomic E-state index is -1.18. The lowest BCUT2D eigenvalue weighted by atomic mass is 10.2. The molecule has 0 fully saturated rings. The fourth-order valence-electron chi connectivity index (χ4n) is 1.86. The van der Waals surface area contributed by atoms with E-state index in [1.54, 1.807) is 7.05 Å². The molecule has 0 atom stereocenters. The van der Waals surface area contributed by atoms with Gasteiger partial charge in [0.2, 0.25) is 5.71 Å². The van der Waals surface area contributed by atoms with Crippen LogP contribution in [0.3, 0.4) is 0 Å². The quantitative estimate of drug-likeness (QED) is 0.843. The summed E-state index contributed by atoms with van der Waals surface area (Å²) in [5.74, 6) is -0.414. The van der Waals surface area contributed by atoms with Crippen molar-refractivity contribution in [3.8, 4) is 0 Å². The molecular weight excluding hydrogens is 224 g/mol. The Balaban J connectivity index is 2.98. The fourth-order valence-corrected chi connectivity index (χ4v) is 1.86. The summed E-state index contributed by atoms with van der Waals surface area (Å²) in [4.78, 5) is 27.3. The van der Waals surface area contributed by atoms with Crippen LogP contribution in [0.4, 0.5) is 0 Å². The number of rotatable bonds is 2. The number of fused-ring (bicyclic) bond motifs is 1. The van der Waals surface area contributed by atoms with Gasteiger partial charge >= 0.3 is 5.97 Å². The third-order valence-corrected chi connectivity index (χ3v) is 2.73. The topological polar surface area (TPSA) is 85.3 Å². The second-order valence-electron chi connectivity index (χ2n) is 3.76. The van der Waals surface area contributed by atoms with E-state index in [0.717, 1.165) is 0 Å². The highest BCUT2D eigenvalue weighted by Gasteiger charge is 2.22. The Labute approximate surface area is 96.5 Å². The SMILES string of the molecule is CCc1nc2oc(C)c(C(=O)O)c2c(=O)n1C. The van der Waals surface area contributed by atoms with E-state index in [4.69, 9.17) is 9.52 Å². The summed E-state index contributed by atoms with van der Waals surface area (Å²) in [6.07, 6.45) is 0.573. The highest BCUT2D eigenvalue weighted by molar-refractivity contribution is 6.02. The van der Waals surface area contributed by atoms with Crippen molar-refractivity contribution in [2.75, 3.05) is 0 Å². The van der Waals surface area contributed by atoms with Gasteiger partial charge in [-0.3, -0.25) is 9.36 Å². The summed E-state index contributed by atoms with van der Waals surface area (Å²) in [5.41, 5.74) is -0.392. The van der Waals surface area contributed by atoms with Crippen molar-refractivity contribution in [2.24, 2.45) is 7.05 Å². The van der Waals surface area contributed by atoms with Crippen molar-refractivity contribution < 1.29 is 14.3 Å². The number of hydrogen-bond acceptors (Lipinski definition) is 4. The summed E-state index contributed by atoms with van der Waals surface area (Å²) in [5, 5.41) is 9.10. The third kappa shape index (κ3) is 1.52. The van der Waals surface area contributed by atoms with Crippen LogP contribution in [-0.2, 0) is 13.5 Å². The normalized spacial score (nSPS) is 11.0. The van der Waals surface area contributed by atoms with Gasteiger partial charge in [-0.1, -0.05) is 6.92 Å². The van der Waals surface area contributed by atoms with Crippen molar-refractivity contribution in [3.63, 3.8) is 0 Å². The van der Waals surface area contributed by atoms with Crippen LogP contribution in [0.5, 0.6) is 0 Å². The van der Waals surface area contributed by atoms with Gasteiger partial charge in [-0.05, 0) is 6.92 Å². The minimum absolute atomic E-state index is 0.0368. The van der Waals surface area contributed by atoms with Gasteiger partial charge in [0.15, 0.2) is 0 Å². The average molecular weight is 236 g/mol. The van der Waals surface area contributed by atoms with E-state index < -0.39 is 5.97 Å². The molecule has 1 N–H and O–H groups in total. The van der Waals surface area contributed by atoms with Crippen LogP contribution in [0.15, 0.2) is 9.21 Å². The van der Waals surface area contributed by atoms with E-state index in [1.165, 1.54) is 11.5 Å². The van der Waals surface area contributed by atoms with Crippen LogP contribution in [0.1, 0.15) is 28.9 Å². The molecule has 0 bridgehead atoms. The van der Waals surface area contributed by atoms with Gasteiger partial charge < -0.3 is 9.52 Å². The Kier molecular flexibility index (Phi) is 2.49. The van der Waals surface area contributed by atoms with Crippen LogP contribution in [0.2, 0.25) is 0 Å². The van der Waals surface area contributed by atoms with Crippen LogP contribution in [0, 0.1) is 6.92 Å². The Morgan fingerprint density at radius 3 is 2.71 bits per heavy atom. The lowest BCUT2D eigenvalue weighted by Crippen LogP contribution is -2.22. The number of nitrogens with zero attached hydrogens (tertiary/aromatic N) is 2. The third-order valence-electron chi connectivity index (χ3n) is 2.73. The Morgan fingerprint density at radius 1 is 1.53 bits per heavy atom. The second kappa shape index (κ2) is 3.73. The van der Waals surface area contributed by atoms with E-state index in [-0.39, 0.29) is 28.0 Å². The Morgan fingerprint density at radius 2 is 2.18 bits per heavy atom. The first kappa shape index (κ1) is 11.4. The zero-order valence-corrected chi connectivity index (χ0v) is 9.77. The van der Waals surface area contributed by atoms with Crippen molar-refractivity contribution in [2.45, 2.75) is 20.3 Å². The van der Waals surface area contributed by atoms with Crippen molar-refractivity contribution in [1.29, 1.82) is 0 Å². The summed E-state index contributed by atoms with van der Waals surface area (Å²) in [6, 6.07) is 0. The molecule has 2 rings (SSSR count). The van der Waals surface area contributed by atoms with E-state index in [1.807, 2.05) is 6.92 Å². The largest absolute Gasteiger partial charge is 0.478 e. The summed E-state index contributed by atoms with van der Waals surface area (Å²) in [7, 11) is 1.57. The molecule has 0 aliphatic heterocycles. The number of aromatic nitrogens is 2. The van der Waals surface area contributed by atoms with Crippen LogP contribution < -0.4 is 5.56 Å². The monoisotopic (exact) mass is 236 g/mol. The maximum Gasteiger partial charge on any atom is 0.340 e. The number of carbonyl (C=O) groups is 1. The predicted octanol–water partition coefficient (Wildman–Crippen LogP) is 1.10. The number of aryl methyl sites for hydroxylation is 2. The Bertz CT molecular complexity index is 666. The van der Waals surface area contributed by atoms with Gasteiger partial charge in [-0.2, -0.15) is 4.98 Å². The zero-order chi connectivity index (χ0) is 12.7. The van der Waals surface area contributed by atoms with E-state index in [2.05, 4.69) is 4.98 Å². The first-order chi connectivity index (χ1) is 7.97. The van der Waals surface area contributed by atoms with E-state index >= 15 is 0 Å². The van der Waals surface area contributed by atoms with E-state index in [9.17, 15) is 9.59 Å². The molecule has 6 heteroatoms. The molecule has 2 heterocycles. The highest BCUT2D eigenvalue weighted by Crippen LogP contribution is 2.21. The molecule has 0 spiro atoms. The lowest BCUT2D eigenvalue weighted by Gasteiger charge is -2.03. The van der Waals surface area contributed by atoms with E-state index in [0.29, 0.717) is 12.2 Å². The van der Waals surface area contributed by atoms with Crippen molar-refractivity contribution in [3.05, 3.63) is 27.5 Å². The van der Waals surface area contributed by atoms with Gasteiger partial charge in [0.25, 0.3) is 5.56 Å². The maximum atomic E-state index is 12.0. The Hall–Kier alpha value is -2.11. The van der Waals surface area contributed by atoms with Crippen LogP contribution in [0.25, 0.3) is 11.1 Å². The molecule has 2 aromatic rings. The first-order valence-corrected chi connectivity index (χ1v) is 5.19. The van der Waals surface area contributed by atoms with Gasteiger partial charge in [0.05, 0.1) is 0 Å². The van der Waals surface area contributed by atoms with Crippen molar-refractivity contribution >= 4 is 17.1 Å². The van der Waals surface area contributed by atoms with Gasteiger partial charge in [-0.15, -0.1) is 0 Å².